The maximum atomic E-state index is 13.1. The quantitative estimate of drug-likeness (QED) is 0.476. The lowest BCUT2D eigenvalue weighted by molar-refractivity contribution is -0.117. The molecule has 1 amide bonds. The number of nitrogens with one attached hydrogen (secondary N) is 1. The number of rotatable bonds is 5. The average molecular weight is 474 g/mol. The number of piperazine rings is 1. The molecule has 7 heteroatoms. The minimum atomic E-state index is -0.239. The molecule has 0 bridgehead atoms. The van der Waals surface area contributed by atoms with Gasteiger partial charge in [-0.05, 0) is 23.8 Å². The molecule has 0 spiro atoms. The third-order valence-electron chi connectivity index (χ3n) is 6.38. The van der Waals surface area contributed by atoms with Crippen molar-refractivity contribution in [1.29, 1.82) is 0 Å². The standard InChI is InChI=1S/C27H24ClN3O3/c28-19-10-8-18(9-11-19)16-30-12-14-31(15-13-30)17-24(32)29-23-7-3-6-22-25(23)27(34)21-5-2-1-4-20(21)26(22)33/h1-11H,12-17H2,(H,29,32). The maximum Gasteiger partial charge on any atom is 0.238 e. The third-order valence-corrected chi connectivity index (χ3v) is 6.63. The first-order valence-electron chi connectivity index (χ1n) is 11.3. The number of carbonyl (C=O) groups is 3. The van der Waals surface area contributed by atoms with Crippen LogP contribution in [0.2, 0.25) is 5.02 Å². The van der Waals surface area contributed by atoms with Crippen LogP contribution in [0.25, 0.3) is 0 Å². The van der Waals surface area contributed by atoms with Gasteiger partial charge in [0, 0.05) is 54.4 Å². The first kappa shape index (κ1) is 22.5. The Morgan fingerprint density at radius 2 is 1.38 bits per heavy atom. The number of fused-ring (bicyclic) bond motifs is 2. The number of hydrogen-bond donors (Lipinski definition) is 1. The van der Waals surface area contributed by atoms with E-state index in [1.54, 1.807) is 42.5 Å². The van der Waals surface area contributed by atoms with Crippen LogP contribution in [0.15, 0.2) is 66.7 Å². The smallest absolute Gasteiger partial charge is 0.238 e. The van der Waals surface area contributed by atoms with Gasteiger partial charge in [-0.25, -0.2) is 0 Å². The normalized spacial score (nSPS) is 16.1. The summed E-state index contributed by atoms with van der Waals surface area (Å²) in [5.74, 6) is -0.631. The molecule has 0 atom stereocenters. The van der Waals surface area contributed by atoms with Crippen LogP contribution in [0, 0.1) is 0 Å². The molecule has 1 N–H and O–H groups in total. The van der Waals surface area contributed by atoms with Gasteiger partial charge in [-0.1, -0.05) is 60.1 Å². The van der Waals surface area contributed by atoms with Gasteiger partial charge in [0.1, 0.15) is 0 Å². The number of halogens is 1. The van der Waals surface area contributed by atoms with Crippen LogP contribution in [0.1, 0.15) is 37.4 Å². The van der Waals surface area contributed by atoms with Crippen LogP contribution >= 0.6 is 11.6 Å². The summed E-state index contributed by atoms with van der Waals surface area (Å²) in [6.45, 7) is 4.36. The van der Waals surface area contributed by atoms with Crippen molar-refractivity contribution in [2.24, 2.45) is 0 Å². The molecule has 1 aliphatic carbocycles. The van der Waals surface area contributed by atoms with Gasteiger partial charge in [-0.2, -0.15) is 0 Å². The predicted octanol–water partition coefficient (Wildman–Crippen LogP) is 3.87. The monoisotopic (exact) mass is 473 g/mol. The molecule has 5 rings (SSSR count). The minimum Gasteiger partial charge on any atom is -0.324 e. The number of ketones is 2. The first-order chi connectivity index (χ1) is 16.5. The van der Waals surface area contributed by atoms with Crippen LogP contribution in [-0.2, 0) is 11.3 Å². The topological polar surface area (TPSA) is 69.7 Å². The fourth-order valence-corrected chi connectivity index (χ4v) is 4.72. The molecule has 0 unspecified atom stereocenters. The highest BCUT2D eigenvalue weighted by molar-refractivity contribution is 6.31. The third kappa shape index (κ3) is 4.53. The SMILES string of the molecule is O=C(CN1CCN(Cc2ccc(Cl)cc2)CC1)Nc1cccc2c1C(=O)c1ccccc1C2=O. The molecule has 1 fully saturated rings. The molecule has 3 aromatic carbocycles. The van der Waals surface area contributed by atoms with E-state index in [4.69, 9.17) is 11.6 Å². The number of carbonyl (C=O) groups excluding carboxylic acids is 3. The largest absolute Gasteiger partial charge is 0.324 e. The molecule has 172 valence electrons. The predicted molar refractivity (Wildman–Crippen MR) is 132 cm³/mol. The number of anilines is 1. The molecular formula is C27H24ClN3O3. The van der Waals surface area contributed by atoms with Crippen molar-refractivity contribution in [3.63, 3.8) is 0 Å². The number of nitrogens with zero attached hydrogens (tertiary/aromatic N) is 2. The molecule has 2 aliphatic rings. The summed E-state index contributed by atoms with van der Waals surface area (Å²) >= 11 is 5.96. The summed E-state index contributed by atoms with van der Waals surface area (Å²) in [6, 6.07) is 19.7. The molecule has 34 heavy (non-hydrogen) atoms. The van der Waals surface area contributed by atoms with Crippen molar-refractivity contribution in [2.45, 2.75) is 6.54 Å². The molecule has 1 heterocycles. The van der Waals surface area contributed by atoms with Crippen LogP contribution < -0.4 is 5.32 Å². The molecule has 1 aliphatic heterocycles. The van der Waals surface area contributed by atoms with E-state index in [-0.39, 0.29) is 29.6 Å². The second-order valence-electron chi connectivity index (χ2n) is 8.66. The van der Waals surface area contributed by atoms with Crippen molar-refractivity contribution in [1.82, 2.24) is 9.80 Å². The van der Waals surface area contributed by atoms with Crippen molar-refractivity contribution in [2.75, 3.05) is 38.0 Å². The van der Waals surface area contributed by atoms with Gasteiger partial charge in [0.05, 0.1) is 17.8 Å². The Morgan fingerprint density at radius 1 is 0.765 bits per heavy atom. The van der Waals surface area contributed by atoms with Crippen LogP contribution in [0.5, 0.6) is 0 Å². The Kier molecular flexibility index (Phi) is 6.28. The molecule has 0 radical (unpaired) electrons. The van der Waals surface area contributed by atoms with Gasteiger partial charge < -0.3 is 5.32 Å². The lowest BCUT2D eigenvalue weighted by Crippen LogP contribution is -2.48. The first-order valence-corrected chi connectivity index (χ1v) is 11.7. The van der Waals surface area contributed by atoms with Gasteiger partial charge in [0.25, 0.3) is 0 Å². The van der Waals surface area contributed by atoms with E-state index < -0.39 is 0 Å². The van der Waals surface area contributed by atoms with Crippen molar-refractivity contribution in [3.8, 4) is 0 Å². The van der Waals surface area contributed by atoms with Gasteiger partial charge in [0.2, 0.25) is 5.91 Å². The van der Waals surface area contributed by atoms with E-state index in [1.165, 1.54) is 5.56 Å². The van der Waals surface area contributed by atoms with E-state index in [1.807, 2.05) is 24.3 Å². The lowest BCUT2D eigenvalue weighted by atomic mass is 9.83. The zero-order valence-corrected chi connectivity index (χ0v) is 19.3. The lowest BCUT2D eigenvalue weighted by Gasteiger charge is -2.34. The Labute approximate surface area is 203 Å². The van der Waals surface area contributed by atoms with Crippen molar-refractivity contribution < 1.29 is 14.4 Å². The van der Waals surface area contributed by atoms with Crippen LogP contribution in [0.3, 0.4) is 0 Å². The highest BCUT2D eigenvalue weighted by Gasteiger charge is 2.31. The summed E-state index contributed by atoms with van der Waals surface area (Å²) in [6.07, 6.45) is 0. The van der Waals surface area contributed by atoms with Gasteiger partial charge in [0.15, 0.2) is 11.6 Å². The van der Waals surface area contributed by atoms with E-state index in [9.17, 15) is 14.4 Å². The van der Waals surface area contributed by atoms with Crippen molar-refractivity contribution >= 4 is 34.8 Å². The zero-order valence-electron chi connectivity index (χ0n) is 18.6. The van der Waals surface area contributed by atoms with Crippen LogP contribution in [0.4, 0.5) is 5.69 Å². The molecular weight excluding hydrogens is 450 g/mol. The molecule has 0 saturated carbocycles. The van der Waals surface area contributed by atoms with Crippen molar-refractivity contribution in [3.05, 3.63) is 99.6 Å². The van der Waals surface area contributed by atoms with E-state index in [0.29, 0.717) is 22.4 Å². The Morgan fingerprint density at radius 3 is 2.09 bits per heavy atom. The number of hydrogen-bond acceptors (Lipinski definition) is 5. The summed E-state index contributed by atoms with van der Waals surface area (Å²) in [4.78, 5) is 43.3. The highest BCUT2D eigenvalue weighted by atomic mass is 35.5. The number of amides is 1. The van der Waals surface area contributed by atoms with Gasteiger partial charge in [-0.15, -0.1) is 0 Å². The summed E-state index contributed by atoms with van der Waals surface area (Å²) in [5.41, 5.74) is 2.98. The molecule has 0 aromatic heterocycles. The second-order valence-corrected chi connectivity index (χ2v) is 9.10. The summed E-state index contributed by atoms with van der Waals surface area (Å²) in [5, 5.41) is 3.61. The molecule has 3 aromatic rings. The van der Waals surface area contributed by atoms with E-state index in [2.05, 4.69) is 15.1 Å². The van der Waals surface area contributed by atoms with Gasteiger partial charge >= 0.3 is 0 Å². The van der Waals surface area contributed by atoms with Gasteiger partial charge in [-0.3, -0.25) is 24.2 Å². The Balaban J connectivity index is 1.21. The second kappa shape index (κ2) is 9.50. The summed E-state index contributed by atoms with van der Waals surface area (Å²) in [7, 11) is 0. The minimum absolute atomic E-state index is 0.196. The average Bonchev–Trinajstić information content (AvgIpc) is 2.85. The molecule has 1 saturated heterocycles. The van der Waals surface area contributed by atoms with Crippen LogP contribution in [-0.4, -0.2) is 60.0 Å². The Bertz CT molecular complexity index is 1260. The summed E-state index contributed by atoms with van der Waals surface area (Å²) < 4.78 is 0. The zero-order chi connectivity index (χ0) is 23.7. The number of benzene rings is 3. The highest BCUT2D eigenvalue weighted by Crippen LogP contribution is 2.31. The Hall–Kier alpha value is -3.32. The fraction of sp³-hybridized carbons (Fsp3) is 0.222. The van der Waals surface area contributed by atoms with E-state index in [0.717, 1.165) is 37.7 Å². The fourth-order valence-electron chi connectivity index (χ4n) is 4.60. The maximum absolute atomic E-state index is 13.1. The molecule has 6 nitrogen and oxygen atoms in total. The van der Waals surface area contributed by atoms with E-state index >= 15 is 0 Å².